The predicted molar refractivity (Wildman–Crippen MR) is 142 cm³/mol. The molecule has 36 heavy (non-hydrogen) atoms. The highest BCUT2D eigenvalue weighted by Gasteiger charge is 2.24. The van der Waals surface area contributed by atoms with Crippen molar-refractivity contribution in [2.24, 2.45) is 0 Å². The first kappa shape index (κ1) is 23.9. The van der Waals surface area contributed by atoms with Crippen molar-refractivity contribution >= 4 is 40.2 Å². The summed E-state index contributed by atoms with van der Waals surface area (Å²) in [7, 11) is 0. The van der Waals surface area contributed by atoms with Crippen molar-refractivity contribution in [3.8, 4) is 12.3 Å². The third kappa shape index (κ3) is 5.05. The molecule has 1 N–H and O–H groups in total. The van der Waals surface area contributed by atoms with Gasteiger partial charge in [0.05, 0.1) is 11.7 Å². The van der Waals surface area contributed by atoms with Gasteiger partial charge in [0.2, 0.25) is 11.9 Å². The summed E-state index contributed by atoms with van der Waals surface area (Å²) >= 11 is 0. The molecule has 10 heteroatoms. The van der Waals surface area contributed by atoms with Crippen LogP contribution < -0.4 is 15.1 Å². The van der Waals surface area contributed by atoms with E-state index in [1.165, 1.54) is 0 Å². The molecule has 188 valence electrons. The number of amides is 1. The lowest BCUT2D eigenvalue weighted by molar-refractivity contribution is -0.131. The average molecular weight is 488 g/mol. The summed E-state index contributed by atoms with van der Waals surface area (Å²) in [5, 5.41) is 8.90. The number of terminal acetylenes is 1. The minimum atomic E-state index is 0.115. The Morgan fingerprint density at radius 3 is 2.53 bits per heavy atom. The van der Waals surface area contributed by atoms with Crippen molar-refractivity contribution in [3.05, 3.63) is 24.5 Å². The number of hydrogen-bond donors (Lipinski definition) is 1. The number of carbonyl (C=O) groups is 1. The van der Waals surface area contributed by atoms with E-state index in [4.69, 9.17) is 16.4 Å². The fourth-order valence-corrected chi connectivity index (χ4v) is 4.78. The SMILES string of the molecule is C#CCCC(=O)N1CCN(c2nc(Nc3cc4c(cn3)cnn4C(C)C)cc(N3CCCC3)n2)CC1. The largest absolute Gasteiger partial charge is 0.356 e. The Morgan fingerprint density at radius 1 is 1.03 bits per heavy atom. The highest BCUT2D eigenvalue weighted by Crippen LogP contribution is 2.27. The Kier molecular flexibility index (Phi) is 6.89. The Hall–Kier alpha value is -3.87. The summed E-state index contributed by atoms with van der Waals surface area (Å²) in [5.74, 6) is 5.67. The second kappa shape index (κ2) is 10.4. The molecule has 5 heterocycles. The monoisotopic (exact) mass is 487 g/mol. The third-order valence-corrected chi connectivity index (χ3v) is 6.75. The number of hydrogen-bond acceptors (Lipinski definition) is 8. The molecule has 0 atom stereocenters. The summed E-state index contributed by atoms with van der Waals surface area (Å²) in [6.45, 7) is 8.85. The van der Waals surface area contributed by atoms with E-state index in [1.807, 2.05) is 34.1 Å². The van der Waals surface area contributed by atoms with Crippen LogP contribution in [0.5, 0.6) is 0 Å². The van der Waals surface area contributed by atoms with Crippen LogP contribution in [0.25, 0.3) is 10.9 Å². The van der Waals surface area contributed by atoms with E-state index in [0.717, 1.165) is 42.7 Å². The molecule has 0 radical (unpaired) electrons. The van der Waals surface area contributed by atoms with Crippen molar-refractivity contribution in [1.82, 2.24) is 29.6 Å². The molecule has 2 aliphatic heterocycles. The second-order valence-corrected chi connectivity index (χ2v) is 9.61. The number of nitrogens with one attached hydrogen (secondary N) is 1. The van der Waals surface area contributed by atoms with Crippen LogP contribution in [0.15, 0.2) is 24.5 Å². The van der Waals surface area contributed by atoms with E-state index in [9.17, 15) is 4.79 Å². The van der Waals surface area contributed by atoms with E-state index < -0.39 is 0 Å². The lowest BCUT2D eigenvalue weighted by Crippen LogP contribution is -2.49. The highest BCUT2D eigenvalue weighted by molar-refractivity contribution is 5.81. The molecule has 0 spiro atoms. The van der Waals surface area contributed by atoms with E-state index >= 15 is 0 Å². The van der Waals surface area contributed by atoms with Gasteiger partial charge in [-0.05, 0) is 26.7 Å². The standard InChI is InChI=1S/C26H33N9O/c1-4-5-8-25(36)33-11-13-34(14-12-33)26-30-23(16-24(31-26)32-9-6-7-10-32)29-22-15-21-20(17-27-22)18-28-35(21)19(2)3/h1,15-19H,5-14H2,2-3H3,(H,27,29,30,31). The van der Waals surface area contributed by atoms with Gasteiger partial charge in [0.1, 0.15) is 17.5 Å². The normalized spacial score (nSPS) is 16.1. The molecule has 1 amide bonds. The maximum Gasteiger partial charge on any atom is 0.229 e. The van der Waals surface area contributed by atoms with Crippen LogP contribution in [0.3, 0.4) is 0 Å². The van der Waals surface area contributed by atoms with Gasteiger partial charge in [-0.25, -0.2) is 4.98 Å². The van der Waals surface area contributed by atoms with Gasteiger partial charge >= 0.3 is 0 Å². The van der Waals surface area contributed by atoms with E-state index in [1.54, 1.807) is 0 Å². The lowest BCUT2D eigenvalue weighted by Gasteiger charge is -2.35. The van der Waals surface area contributed by atoms with Crippen LogP contribution in [-0.2, 0) is 4.79 Å². The molecule has 0 saturated carbocycles. The minimum Gasteiger partial charge on any atom is -0.356 e. The van der Waals surface area contributed by atoms with Crippen LogP contribution >= 0.6 is 0 Å². The zero-order chi connectivity index (χ0) is 25.1. The summed E-state index contributed by atoms with van der Waals surface area (Å²) in [5.41, 5.74) is 1.03. The Labute approximate surface area is 211 Å². The molecule has 0 aliphatic carbocycles. The van der Waals surface area contributed by atoms with Crippen LogP contribution in [0.1, 0.15) is 45.6 Å². The number of rotatable bonds is 7. The van der Waals surface area contributed by atoms with Crippen molar-refractivity contribution < 1.29 is 4.79 Å². The zero-order valence-corrected chi connectivity index (χ0v) is 21.0. The summed E-state index contributed by atoms with van der Waals surface area (Å²) in [6.07, 6.45) is 12.2. The molecular weight excluding hydrogens is 454 g/mol. The molecule has 0 aromatic carbocycles. The van der Waals surface area contributed by atoms with Crippen LogP contribution in [0.2, 0.25) is 0 Å². The van der Waals surface area contributed by atoms with Crippen LogP contribution in [0, 0.1) is 12.3 Å². The van der Waals surface area contributed by atoms with Gasteiger partial charge in [0, 0.05) is 81.9 Å². The fraction of sp³-hybridized carbons (Fsp3) is 0.500. The Balaban J connectivity index is 1.38. The molecule has 2 aliphatic rings. The quantitative estimate of drug-likeness (QED) is 0.508. The molecule has 0 unspecified atom stereocenters. The highest BCUT2D eigenvalue weighted by atomic mass is 16.2. The third-order valence-electron chi connectivity index (χ3n) is 6.75. The Bertz CT molecular complexity index is 1260. The molecular formula is C26H33N9O. The van der Waals surface area contributed by atoms with Crippen molar-refractivity contribution in [1.29, 1.82) is 0 Å². The molecule has 3 aromatic rings. The number of fused-ring (bicyclic) bond motifs is 1. The Morgan fingerprint density at radius 2 is 1.81 bits per heavy atom. The summed E-state index contributed by atoms with van der Waals surface area (Å²) in [6, 6.07) is 4.27. The average Bonchev–Trinajstić information content (AvgIpc) is 3.57. The first-order valence-electron chi connectivity index (χ1n) is 12.7. The predicted octanol–water partition coefficient (Wildman–Crippen LogP) is 3.21. The van der Waals surface area contributed by atoms with Crippen LogP contribution in [0.4, 0.5) is 23.4 Å². The van der Waals surface area contributed by atoms with Gasteiger partial charge in [-0.1, -0.05) is 0 Å². The molecule has 10 nitrogen and oxygen atoms in total. The minimum absolute atomic E-state index is 0.115. The number of piperazine rings is 1. The lowest BCUT2D eigenvalue weighted by atomic mass is 10.2. The smallest absolute Gasteiger partial charge is 0.229 e. The maximum atomic E-state index is 12.4. The van der Waals surface area contributed by atoms with E-state index in [0.29, 0.717) is 56.6 Å². The summed E-state index contributed by atoms with van der Waals surface area (Å²) < 4.78 is 1.99. The van der Waals surface area contributed by atoms with Gasteiger partial charge in [-0.15, -0.1) is 12.3 Å². The first-order chi connectivity index (χ1) is 17.5. The van der Waals surface area contributed by atoms with Gasteiger partial charge < -0.3 is 20.0 Å². The second-order valence-electron chi connectivity index (χ2n) is 9.61. The maximum absolute atomic E-state index is 12.4. The van der Waals surface area contributed by atoms with E-state index in [2.05, 4.69) is 45.0 Å². The number of aromatic nitrogens is 5. The summed E-state index contributed by atoms with van der Waals surface area (Å²) in [4.78, 5) is 33.1. The van der Waals surface area contributed by atoms with Crippen molar-refractivity contribution in [2.45, 2.75) is 45.6 Å². The number of carbonyl (C=O) groups excluding carboxylic acids is 1. The number of anilines is 4. The van der Waals surface area contributed by atoms with Gasteiger partial charge in [-0.3, -0.25) is 9.48 Å². The topological polar surface area (TPSA) is 95.3 Å². The number of nitrogens with zero attached hydrogens (tertiary/aromatic N) is 8. The zero-order valence-electron chi connectivity index (χ0n) is 21.0. The molecule has 5 rings (SSSR count). The molecule has 3 aromatic heterocycles. The number of pyridine rings is 1. The van der Waals surface area contributed by atoms with Gasteiger partial charge in [0.25, 0.3) is 0 Å². The van der Waals surface area contributed by atoms with Gasteiger partial charge in [-0.2, -0.15) is 15.1 Å². The van der Waals surface area contributed by atoms with Gasteiger partial charge in [0.15, 0.2) is 0 Å². The fourth-order valence-electron chi connectivity index (χ4n) is 4.78. The molecule has 2 fully saturated rings. The van der Waals surface area contributed by atoms with Crippen molar-refractivity contribution in [3.63, 3.8) is 0 Å². The molecule has 0 bridgehead atoms. The molecule has 2 saturated heterocycles. The van der Waals surface area contributed by atoms with Crippen LogP contribution in [-0.4, -0.2) is 74.8 Å². The van der Waals surface area contributed by atoms with Crippen molar-refractivity contribution in [2.75, 3.05) is 54.4 Å². The van der Waals surface area contributed by atoms with E-state index in [-0.39, 0.29) is 11.9 Å². The first-order valence-corrected chi connectivity index (χ1v) is 12.7.